The minimum atomic E-state index is -0.307. The number of benzene rings is 1. The molecule has 1 aromatic rings. The van der Waals surface area contributed by atoms with Gasteiger partial charge in [-0.15, -0.1) is 0 Å². The van der Waals surface area contributed by atoms with Crippen LogP contribution >= 0.6 is 0 Å². The molecule has 3 N–H and O–H groups in total. The molecule has 0 bridgehead atoms. The number of nitrogen functional groups attached to an aromatic ring is 1. The fourth-order valence-corrected chi connectivity index (χ4v) is 1.08. The summed E-state index contributed by atoms with van der Waals surface area (Å²) in [4.78, 5) is 11.2. The average Bonchev–Trinajstić information content (AvgIpc) is 2.21. The summed E-state index contributed by atoms with van der Waals surface area (Å²) >= 11 is 0. The molecule has 0 aromatic heterocycles. The maximum atomic E-state index is 11.2. The molecule has 5 heteroatoms. The second-order valence-electron chi connectivity index (χ2n) is 2.90. The summed E-state index contributed by atoms with van der Waals surface area (Å²) in [5.41, 5.74) is 6.76. The fraction of sp³-hybridized carbons (Fsp3) is 0.200. The van der Waals surface area contributed by atoms with E-state index < -0.39 is 0 Å². The standard InChI is InChI=1S/C10H11N3O2/c1-15-6-10(14)13-9-3-2-8(12)4-7(9)5-11/h2-4H,6,12H2,1H3,(H,13,14). The molecule has 0 unspecified atom stereocenters. The van der Waals surface area contributed by atoms with Gasteiger partial charge in [0, 0.05) is 12.8 Å². The van der Waals surface area contributed by atoms with Gasteiger partial charge in [-0.25, -0.2) is 0 Å². The lowest BCUT2D eigenvalue weighted by molar-refractivity contribution is -0.119. The van der Waals surface area contributed by atoms with Gasteiger partial charge in [0.1, 0.15) is 12.7 Å². The van der Waals surface area contributed by atoms with Gasteiger partial charge < -0.3 is 15.8 Å². The number of nitrogens with two attached hydrogens (primary N) is 1. The Labute approximate surface area is 87.4 Å². The van der Waals surface area contributed by atoms with Crippen molar-refractivity contribution in [2.24, 2.45) is 0 Å². The number of anilines is 2. The molecule has 0 spiro atoms. The molecule has 5 nitrogen and oxygen atoms in total. The van der Waals surface area contributed by atoms with Crippen molar-refractivity contribution in [2.45, 2.75) is 0 Å². The lowest BCUT2D eigenvalue weighted by atomic mass is 10.1. The average molecular weight is 205 g/mol. The zero-order valence-corrected chi connectivity index (χ0v) is 8.28. The highest BCUT2D eigenvalue weighted by Gasteiger charge is 2.06. The first kappa shape index (κ1) is 11.0. The van der Waals surface area contributed by atoms with E-state index in [2.05, 4.69) is 10.1 Å². The van der Waals surface area contributed by atoms with Crippen LogP contribution in [0.5, 0.6) is 0 Å². The third-order valence-corrected chi connectivity index (χ3v) is 1.71. The minimum absolute atomic E-state index is 0.0464. The summed E-state index contributed by atoms with van der Waals surface area (Å²) in [5, 5.41) is 11.3. The molecule has 0 atom stereocenters. The van der Waals surface area contributed by atoms with E-state index in [0.717, 1.165) is 0 Å². The van der Waals surface area contributed by atoms with Gasteiger partial charge in [0.2, 0.25) is 5.91 Å². The first-order chi connectivity index (χ1) is 7.17. The number of nitrogens with one attached hydrogen (secondary N) is 1. The summed E-state index contributed by atoms with van der Waals surface area (Å²) in [6, 6.07) is 6.65. The molecular weight excluding hydrogens is 194 g/mol. The van der Waals surface area contributed by atoms with Crippen molar-refractivity contribution >= 4 is 17.3 Å². The van der Waals surface area contributed by atoms with Crippen LogP contribution in [0.25, 0.3) is 0 Å². The summed E-state index contributed by atoms with van der Waals surface area (Å²) in [7, 11) is 1.42. The van der Waals surface area contributed by atoms with E-state index in [1.54, 1.807) is 12.1 Å². The molecule has 0 saturated heterocycles. The SMILES string of the molecule is COCC(=O)Nc1ccc(N)cc1C#N. The molecule has 1 aromatic carbocycles. The molecule has 1 amide bonds. The molecule has 0 aliphatic rings. The Balaban J connectivity index is 2.86. The Morgan fingerprint density at radius 3 is 3.00 bits per heavy atom. The van der Waals surface area contributed by atoms with E-state index >= 15 is 0 Å². The lowest BCUT2D eigenvalue weighted by Crippen LogP contribution is -2.17. The van der Waals surface area contributed by atoms with Crippen LogP contribution in [0.3, 0.4) is 0 Å². The van der Waals surface area contributed by atoms with Crippen molar-refractivity contribution in [1.29, 1.82) is 5.26 Å². The van der Waals surface area contributed by atoms with Crippen LogP contribution in [0.1, 0.15) is 5.56 Å². The van der Waals surface area contributed by atoms with Gasteiger partial charge in [-0.05, 0) is 18.2 Å². The molecule has 0 heterocycles. The lowest BCUT2D eigenvalue weighted by Gasteiger charge is -2.06. The van der Waals surface area contributed by atoms with Gasteiger partial charge in [-0.2, -0.15) is 5.26 Å². The highest BCUT2D eigenvalue weighted by atomic mass is 16.5. The predicted octanol–water partition coefficient (Wildman–Crippen LogP) is 0.725. The van der Waals surface area contributed by atoms with Gasteiger partial charge >= 0.3 is 0 Å². The van der Waals surface area contributed by atoms with Gasteiger partial charge in [0.05, 0.1) is 11.3 Å². The highest BCUT2D eigenvalue weighted by Crippen LogP contribution is 2.17. The summed E-state index contributed by atoms with van der Waals surface area (Å²) in [5.74, 6) is -0.307. The monoisotopic (exact) mass is 205 g/mol. The number of ether oxygens (including phenoxy) is 1. The number of hydrogen-bond donors (Lipinski definition) is 2. The van der Waals surface area contributed by atoms with Crippen LogP contribution in [0.2, 0.25) is 0 Å². The van der Waals surface area contributed by atoms with Gasteiger partial charge in [0.25, 0.3) is 0 Å². The molecule has 0 saturated carbocycles. The molecule has 78 valence electrons. The van der Waals surface area contributed by atoms with E-state index in [-0.39, 0.29) is 12.5 Å². The molecule has 0 aliphatic carbocycles. The Bertz CT molecular complexity index is 410. The second kappa shape index (κ2) is 4.98. The number of methoxy groups -OCH3 is 1. The van der Waals surface area contributed by atoms with Crippen LogP contribution in [-0.4, -0.2) is 19.6 Å². The van der Waals surface area contributed by atoms with E-state index in [4.69, 9.17) is 11.0 Å². The number of carbonyl (C=O) groups excluding carboxylic acids is 1. The minimum Gasteiger partial charge on any atom is -0.399 e. The van der Waals surface area contributed by atoms with Gasteiger partial charge in [0.15, 0.2) is 0 Å². The smallest absolute Gasteiger partial charge is 0.250 e. The maximum Gasteiger partial charge on any atom is 0.250 e. The third kappa shape index (κ3) is 2.97. The van der Waals surface area contributed by atoms with Crippen LogP contribution in [0, 0.1) is 11.3 Å². The number of nitriles is 1. The molecule has 1 rings (SSSR count). The zero-order valence-electron chi connectivity index (χ0n) is 8.28. The zero-order chi connectivity index (χ0) is 11.3. The van der Waals surface area contributed by atoms with Crippen molar-refractivity contribution in [3.8, 4) is 6.07 Å². The van der Waals surface area contributed by atoms with E-state index in [9.17, 15) is 4.79 Å². The predicted molar refractivity (Wildman–Crippen MR) is 56.1 cm³/mol. The topological polar surface area (TPSA) is 88.1 Å². The normalized spacial score (nSPS) is 9.33. The largest absolute Gasteiger partial charge is 0.399 e. The molecule has 0 fully saturated rings. The summed E-state index contributed by atoms with van der Waals surface area (Å²) < 4.78 is 4.65. The third-order valence-electron chi connectivity index (χ3n) is 1.71. The summed E-state index contributed by atoms with van der Waals surface area (Å²) in [6.07, 6.45) is 0. The molecular formula is C10H11N3O2. The van der Waals surface area contributed by atoms with E-state index in [1.165, 1.54) is 13.2 Å². The van der Waals surface area contributed by atoms with Gasteiger partial charge in [-0.1, -0.05) is 0 Å². The van der Waals surface area contributed by atoms with Crippen LogP contribution in [0.15, 0.2) is 18.2 Å². The van der Waals surface area contributed by atoms with Crippen molar-refractivity contribution in [2.75, 3.05) is 24.8 Å². The van der Waals surface area contributed by atoms with E-state index in [0.29, 0.717) is 16.9 Å². The Morgan fingerprint density at radius 1 is 1.67 bits per heavy atom. The van der Waals surface area contributed by atoms with E-state index in [1.807, 2.05) is 6.07 Å². The van der Waals surface area contributed by atoms with Crippen molar-refractivity contribution in [1.82, 2.24) is 0 Å². The van der Waals surface area contributed by atoms with Crippen LogP contribution in [0.4, 0.5) is 11.4 Å². The quantitative estimate of drug-likeness (QED) is 0.712. The molecule has 0 aliphatic heterocycles. The highest BCUT2D eigenvalue weighted by molar-refractivity contribution is 5.93. The number of rotatable bonds is 3. The molecule has 0 radical (unpaired) electrons. The Hall–Kier alpha value is -2.06. The second-order valence-corrected chi connectivity index (χ2v) is 2.90. The fourth-order valence-electron chi connectivity index (χ4n) is 1.08. The van der Waals surface area contributed by atoms with Crippen molar-refractivity contribution < 1.29 is 9.53 Å². The Morgan fingerprint density at radius 2 is 2.40 bits per heavy atom. The molecule has 15 heavy (non-hydrogen) atoms. The first-order valence-electron chi connectivity index (χ1n) is 4.25. The maximum absolute atomic E-state index is 11.2. The van der Waals surface area contributed by atoms with Crippen LogP contribution < -0.4 is 11.1 Å². The summed E-state index contributed by atoms with van der Waals surface area (Å²) in [6.45, 7) is -0.0464. The number of nitrogens with zero attached hydrogens (tertiary/aromatic N) is 1. The van der Waals surface area contributed by atoms with Crippen LogP contribution in [-0.2, 0) is 9.53 Å². The van der Waals surface area contributed by atoms with Crippen molar-refractivity contribution in [3.63, 3.8) is 0 Å². The Kier molecular flexibility index (Phi) is 3.66. The van der Waals surface area contributed by atoms with Crippen molar-refractivity contribution in [3.05, 3.63) is 23.8 Å². The first-order valence-corrected chi connectivity index (χ1v) is 4.25. The number of hydrogen-bond acceptors (Lipinski definition) is 4. The number of carbonyl (C=O) groups is 1. The van der Waals surface area contributed by atoms with Gasteiger partial charge in [-0.3, -0.25) is 4.79 Å². The number of amides is 1.